The van der Waals surface area contributed by atoms with Crippen molar-refractivity contribution >= 4 is 16.8 Å². The second kappa shape index (κ2) is 10.8. The number of fused-ring (bicyclic) bond motifs is 1. The monoisotopic (exact) mass is 474 g/mol. The number of nitrogens with zero attached hydrogens (tertiary/aromatic N) is 1. The molecule has 1 amide bonds. The van der Waals surface area contributed by atoms with E-state index in [1.165, 1.54) is 0 Å². The lowest BCUT2D eigenvalue weighted by Crippen LogP contribution is -2.39. The summed E-state index contributed by atoms with van der Waals surface area (Å²) in [4.78, 5) is 18.2. The molecule has 0 aliphatic heterocycles. The van der Waals surface area contributed by atoms with Crippen LogP contribution in [0.25, 0.3) is 22.2 Å². The van der Waals surface area contributed by atoms with Gasteiger partial charge in [0.15, 0.2) is 0 Å². The van der Waals surface area contributed by atoms with E-state index in [0.717, 1.165) is 33.5 Å². The van der Waals surface area contributed by atoms with Gasteiger partial charge in [-0.05, 0) is 60.5 Å². The Kier molecular flexibility index (Phi) is 7.01. The molecule has 0 bridgehead atoms. The second-order valence-electron chi connectivity index (χ2n) is 8.55. The van der Waals surface area contributed by atoms with Gasteiger partial charge in [-0.2, -0.15) is 0 Å². The van der Waals surface area contributed by atoms with E-state index in [-0.39, 0.29) is 12.5 Å². The number of rotatable bonds is 8. The number of carbonyl (C=O) groups is 1. The van der Waals surface area contributed by atoms with E-state index in [1.807, 2.05) is 115 Å². The number of aliphatic hydroxyl groups is 1. The van der Waals surface area contributed by atoms with E-state index in [1.54, 1.807) is 0 Å². The number of para-hydroxylation sites is 2. The fourth-order valence-electron chi connectivity index (χ4n) is 4.15. The van der Waals surface area contributed by atoms with Crippen LogP contribution in [-0.4, -0.2) is 28.6 Å². The standard InChI is InChI=1S/C31H26N2O3/c34-21-24(19-22-9-3-1-4-10-22)32-31(35)28-20-30(33-29-14-8-7-13-27(28)29)23-15-17-26(18-16-23)36-25-11-5-2-6-12-25/h1-18,20,24,34H,19,21H2,(H,32,35)/t24-/m0/s1. The topological polar surface area (TPSA) is 71.5 Å². The number of hydrogen-bond acceptors (Lipinski definition) is 4. The Morgan fingerprint density at radius 1 is 0.806 bits per heavy atom. The Hall–Kier alpha value is -4.48. The molecular formula is C31H26N2O3. The molecule has 178 valence electrons. The average molecular weight is 475 g/mol. The average Bonchev–Trinajstić information content (AvgIpc) is 2.93. The van der Waals surface area contributed by atoms with Crippen LogP contribution in [0, 0.1) is 0 Å². The molecule has 0 radical (unpaired) electrons. The quantitative estimate of drug-likeness (QED) is 0.288. The SMILES string of the molecule is O=C(N[C@H](CO)Cc1ccccc1)c1cc(-c2ccc(Oc3ccccc3)cc2)nc2ccccc12. The highest BCUT2D eigenvalue weighted by Crippen LogP contribution is 2.28. The highest BCUT2D eigenvalue weighted by molar-refractivity contribution is 6.07. The highest BCUT2D eigenvalue weighted by atomic mass is 16.5. The van der Waals surface area contributed by atoms with Crippen molar-refractivity contribution in [3.8, 4) is 22.8 Å². The summed E-state index contributed by atoms with van der Waals surface area (Å²) in [5.41, 5.74) is 3.86. The van der Waals surface area contributed by atoms with Crippen molar-refractivity contribution < 1.29 is 14.6 Å². The van der Waals surface area contributed by atoms with E-state index in [9.17, 15) is 9.90 Å². The lowest BCUT2D eigenvalue weighted by molar-refractivity contribution is 0.0918. The number of aliphatic hydroxyl groups excluding tert-OH is 1. The summed E-state index contributed by atoms with van der Waals surface area (Å²) in [6.07, 6.45) is 0.543. The molecule has 5 heteroatoms. The molecule has 0 spiro atoms. The highest BCUT2D eigenvalue weighted by Gasteiger charge is 2.18. The molecule has 0 aliphatic carbocycles. The third-order valence-electron chi connectivity index (χ3n) is 5.97. The Balaban J connectivity index is 1.42. The summed E-state index contributed by atoms with van der Waals surface area (Å²) in [7, 11) is 0. The Morgan fingerprint density at radius 3 is 2.17 bits per heavy atom. The Labute approximate surface area is 210 Å². The summed E-state index contributed by atoms with van der Waals surface area (Å²) >= 11 is 0. The lowest BCUT2D eigenvalue weighted by Gasteiger charge is -2.18. The largest absolute Gasteiger partial charge is 0.457 e. The van der Waals surface area contributed by atoms with Gasteiger partial charge >= 0.3 is 0 Å². The van der Waals surface area contributed by atoms with E-state index in [4.69, 9.17) is 9.72 Å². The molecule has 2 N–H and O–H groups in total. The first-order valence-corrected chi connectivity index (χ1v) is 11.9. The molecular weight excluding hydrogens is 448 g/mol. The minimum absolute atomic E-state index is 0.153. The first-order valence-electron chi connectivity index (χ1n) is 11.9. The first kappa shape index (κ1) is 23.3. The van der Waals surface area contributed by atoms with Crippen LogP contribution in [0.3, 0.4) is 0 Å². The maximum absolute atomic E-state index is 13.4. The van der Waals surface area contributed by atoms with Gasteiger partial charge in [-0.15, -0.1) is 0 Å². The number of ether oxygens (including phenoxy) is 1. The lowest BCUT2D eigenvalue weighted by atomic mass is 10.0. The molecule has 4 aromatic carbocycles. The second-order valence-corrected chi connectivity index (χ2v) is 8.55. The molecule has 36 heavy (non-hydrogen) atoms. The minimum atomic E-state index is -0.398. The third kappa shape index (κ3) is 5.43. The van der Waals surface area contributed by atoms with Gasteiger partial charge < -0.3 is 15.2 Å². The van der Waals surface area contributed by atoms with Crippen molar-refractivity contribution in [2.75, 3.05) is 6.61 Å². The van der Waals surface area contributed by atoms with Crippen LogP contribution in [-0.2, 0) is 6.42 Å². The van der Waals surface area contributed by atoms with Gasteiger partial charge in [0, 0.05) is 10.9 Å². The summed E-state index contributed by atoms with van der Waals surface area (Å²) in [5.74, 6) is 1.24. The number of benzene rings is 4. The third-order valence-corrected chi connectivity index (χ3v) is 5.97. The van der Waals surface area contributed by atoms with Gasteiger partial charge in [0.1, 0.15) is 11.5 Å². The zero-order chi connectivity index (χ0) is 24.7. The number of carbonyl (C=O) groups excluding carboxylic acids is 1. The first-order chi connectivity index (χ1) is 17.7. The van der Waals surface area contributed by atoms with Crippen LogP contribution in [0.15, 0.2) is 115 Å². The number of nitrogens with one attached hydrogen (secondary N) is 1. The molecule has 1 atom stereocenters. The molecule has 0 saturated heterocycles. The van der Waals surface area contributed by atoms with Crippen LogP contribution >= 0.6 is 0 Å². The Morgan fingerprint density at radius 2 is 1.44 bits per heavy atom. The minimum Gasteiger partial charge on any atom is -0.457 e. The van der Waals surface area contributed by atoms with Crippen molar-refractivity contribution in [1.29, 1.82) is 0 Å². The van der Waals surface area contributed by atoms with E-state index >= 15 is 0 Å². The van der Waals surface area contributed by atoms with Crippen molar-refractivity contribution in [3.05, 3.63) is 126 Å². The van der Waals surface area contributed by atoms with Crippen LogP contribution in [0.5, 0.6) is 11.5 Å². The molecule has 5 aromatic rings. The zero-order valence-corrected chi connectivity index (χ0v) is 19.7. The molecule has 1 heterocycles. The van der Waals surface area contributed by atoms with Crippen molar-refractivity contribution in [2.24, 2.45) is 0 Å². The summed E-state index contributed by atoms with van der Waals surface area (Å²) in [6.45, 7) is -0.153. The molecule has 0 aliphatic rings. The number of aromatic nitrogens is 1. The molecule has 0 unspecified atom stereocenters. The molecule has 0 fully saturated rings. The van der Waals surface area contributed by atoms with Crippen molar-refractivity contribution in [1.82, 2.24) is 10.3 Å². The zero-order valence-electron chi connectivity index (χ0n) is 19.7. The summed E-state index contributed by atoms with van der Waals surface area (Å²) < 4.78 is 5.90. The van der Waals surface area contributed by atoms with E-state index in [2.05, 4.69) is 5.32 Å². The van der Waals surface area contributed by atoms with Gasteiger partial charge in [0.2, 0.25) is 0 Å². The smallest absolute Gasteiger partial charge is 0.252 e. The Bertz CT molecular complexity index is 1450. The number of hydrogen-bond donors (Lipinski definition) is 2. The normalized spacial score (nSPS) is 11.7. The summed E-state index contributed by atoms with van der Waals surface area (Å²) in [6, 6.07) is 36.1. The van der Waals surface area contributed by atoms with Gasteiger partial charge in [-0.25, -0.2) is 4.98 Å². The molecule has 5 rings (SSSR count). The van der Waals surface area contributed by atoms with E-state index < -0.39 is 6.04 Å². The van der Waals surface area contributed by atoms with Gasteiger partial charge in [0.25, 0.3) is 5.91 Å². The van der Waals surface area contributed by atoms with Crippen LogP contribution < -0.4 is 10.1 Å². The maximum atomic E-state index is 13.4. The van der Waals surface area contributed by atoms with Crippen molar-refractivity contribution in [3.63, 3.8) is 0 Å². The van der Waals surface area contributed by atoms with Gasteiger partial charge in [-0.1, -0.05) is 66.7 Å². The molecule has 5 nitrogen and oxygen atoms in total. The fourth-order valence-corrected chi connectivity index (χ4v) is 4.15. The van der Waals surface area contributed by atoms with Gasteiger partial charge in [-0.3, -0.25) is 4.79 Å². The fraction of sp³-hybridized carbons (Fsp3) is 0.0968. The van der Waals surface area contributed by atoms with Crippen LogP contribution in [0.1, 0.15) is 15.9 Å². The summed E-state index contributed by atoms with van der Waals surface area (Å²) in [5, 5.41) is 13.7. The van der Waals surface area contributed by atoms with E-state index in [0.29, 0.717) is 17.7 Å². The maximum Gasteiger partial charge on any atom is 0.252 e. The predicted molar refractivity (Wildman–Crippen MR) is 142 cm³/mol. The predicted octanol–water partition coefficient (Wildman–Crippen LogP) is 6.03. The van der Waals surface area contributed by atoms with Gasteiger partial charge in [0.05, 0.1) is 29.4 Å². The molecule has 0 saturated carbocycles. The number of amides is 1. The van der Waals surface area contributed by atoms with Crippen molar-refractivity contribution in [2.45, 2.75) is 12.5 Å². The van der Waals surface area contributed by atoms with Crippen LogP contribution in [0.2, 0.25) is 0 Å². The number of pyridine rings is 1. The molecule has 1 aromatic heterocycles. The van der Waals surface area contributed by atoms with Crippen LogP contribution in [0.4, 0.5) is 0 Å².